The zero-order valence-electron chi connectivity index (χ0n) is 10.4. The van der Waals surface area contributed by atoms with Gasteiger partial charge in [0.1, 0.15) is 0 Å². The van der Waals surface area contributed by atoms with Crippen molar-refractivity contribution in [2.45, 2.75) is 18.9 Å². The van der Waals surface area contributed by atoms with E-state index in [1.807, 2.05) is 12.1 Å². The van der Waals surface area contributed by atoms with Crippen LogP contribution in [0, 0.1) is 0 Å². The average molecular weight is 354 g/mol. The van der Waals surface area contributed by atoms with Crippen LogP contribution in [0.15, 0.2) is 22.7 Å². The summed E-state index contributed by atoms with van der Waals surface area (Å²) in [4.78, 5) is 2.08. The van der Waals surface area contributed by atoms with Gasteiger partial charge in [0.2, 0.25) is 6.43 Å². The summed E-state index contributed by atoms with van der Waals surface area (Å²) in [5.74, 6) is 0. The van der Waals surface area contributed by atoms with Crippen molar-refractivity contribution < 1.29 is 8.78 Å². The number of nitrogens with one attached hydrogen (secondary N) is 1. The summed E-state index contributed by atoms with van der Waals surface area (Å²) in [7, 11) is 0. The summed E-state index contributed by atoms with van der Waals surface area (Å²) >= 11 is 9.56. The molecule has 106 valence electrons. The molecule has 1 atom stereocenters. The van der Waals surface area contributed by atoms with Crippen LogP contribution in [0.4, 0.5) is 8.78 Å². The Morgan fingerprint density at radius 1 is 1.32 bits per heavy atom. The molecule has 2 nitrogen and oxygen atoms in total. The van der Waals surface area contributed by atoms with Crippen molar-refractivity contribution in [3.63, 3.8) is 0 Å². The second-order valence-electron chi connectivity index (χ2n) is 4.59. The fraction of sp³-hybridized carbons (Fsp3) is 0.538. The molecule has 1 fully saturated rings. The highest BCUT2D eigenvalue weighted by molar-refractivity contribution is 9.10. The summed E-state index contributed by atoms with van der Waals surface area (Å²) in [6, 6.07) is 5.09. The van der Waals surface area contributed by atoms with E-state index in [9.17, 15) is 8.78 Å². The Balaban J connectivity index is 2.27. The fourth-order valence-corrected chi connectivity index (χ4v) is 3.03. The van der Waals surface area contributed by atoms with Gasteiger partial charge in [0.05, 0.1) is 0 Å². The Morgan fingerprint density at radius 2 is 2.00 bits per heavy atom. The summed E-state index contributed by atoms with van der Waals surface area (Å²) < 4.78 is 26.6. The van der Waals surface area contributed by atoms with Crippen molar-refractivity contribution in [2.24, 2.45) is 0 Å². The molecule has 0 radical (unpaired) electrons. The van der Waals surface area contributed by atoms with E-state index in [2.05, 4.69) is 26.1 Å². The number of nitrogens with zero attached hydrogens (tertiary/aromatic N) is 1. The molecule has 19 heavy (non-hydrogen) atoms. The van der Waals surface area contributed by atoms with Crippen LogP contribution >= 0.6 is 27.5 Å². The van der Waals surface area contributed by atoms with Gasteiger partial charge in [-0.2, -0.15) is 0 Å². The minimum absolute atomic E-state index is 0.184. The Kier molecular flexibility index (Phi) is 5.57. The van der Waals surface area contributed by atoms with Crippen molar-refractivity contribution in [1.82, 2.24) is 10.2 Å². The van der Waals surface area contributed by atoms with Gasteiger partial charge < -0.3 is 5.32 Å². The van der Waals surface area contributed by atoms with Gasteiger partial charge in [0, 0.05) is 48.1 Å². The Labute approximate surface area is 125 Å². The van der Waals surface area contributed by atoms with E-state index in [0.717, 1.165) is 36.2 Å². The van der Waals surface area contributed by atoms with Gasteiger partial charge in [0.25, 0.3) is 0 Å². The first kappa shape index (κ1) is 15.2. The molecule has 0 aliphatic carbocycles. The van der Waals surface area contributed by atoms with Gasteiger partial charge in [-0.25, -0.2) is 8.78 Å². The van der Waals surface area contributed by atoms with Crippen LogP contribution < -0.4 is 5.32 Å². The number of piperazine rings is 1. The SMILES string of the molecule is FC(F)C[C@@H](c1cc(Br)ccc1Cl)N1CCNCC1. The third-order valence-corrected chi connectivity index (χ3v) is 4.15. The number of alkyl halides is 2. The predicted octanol–water partition coefficient (Wildman–Crippen LogP) is 3.70. The van der Waals surface area contributed by atoms with E-state index in [1.165, 1.54) is 0 Å². The van der Waals surface area contributed by atoms with E-state index in [4.69, 9.17) is 11.6 Å². The summed E-state index contributed by atoms with van der Waals surface area (Å²) in [6.45, 7) is 3.18. The number of rotatable bonds is 4. The summed E-state index contributed by atoms with van der Waals surface area (Å²) in [5.41, 5.74) is 0.776. The third-order valence-electron chi connectivity index (χ3n) is 3.31. The number of benzene rings is 1. The van der Waals surface area contributed by atoms with Gasteiger partial charge >= 0.3 is 0 Å². The molecular weight excluding hydrogens is 338 g/mol. The van der Waals surface area contributed by atoms with E-state index in [1.54, 1.807) is 6.07 Å². The number of halogens is 4. The van der Waals surface area contributed by atoms with Gasteiger partial charge in [-0.3, -0.25) is 4.90 Å². The van der Waals surface area contributed by atoms with E-state index < -0.39 is 6.43 Å². The second-order valence-corrected chi connectivity index (χ2v) is 5.92. The zero-order chi connectivity index (χ0) is 13.8. The monoisotopic (exact) mass is 352 g/mol. The van der Waals surface area contributed by atoms with Gasteiger partial charge in [-0.1, -0.05) is 27.5 Å². The largest absolute Gasteiger partial charge is 0.314 e. The lowest BCUT2D eigenvalue weighted by atomic mass is 10.0. The smallest absolute Gasteiger partial charge is 0.240 e. The molecule has 1 heterocycles. The lowest BCUT2D eigenvalue weighted by Gasteiger charge is -2.35. The second kappa shape index (κ2) is 6.97. The lowest BCUT2D eigenvalue weighted by Crippen LogP contribution is -2.45. The maximum Gasteiger partial charge on any atom is 0.240 e. The molecule has 0 saturated carbocycles. The minimum atomic E-state index is -2.34. The number of hydrogen-bond donors (Lipinski definition) is 1. The molecular formula is C13H16BrClF2N2. The average Bonchev–Trinajstić information content (AvgIpc) is 2.40. The van der Waals surface area contributed by atoms with Crippen LogP contribution in [0.2, 0.25) is 5.02 Å². The van der Waals surface area contributed by atoms with Gasteiger partial charge in [-0.15, -0.1) is 0 Å². The molecule has 0 aromatic heterocycles. The topological polar surface area (TPSA) is 15.3 Å². The maximum absolute atomic E-state index is 12.9. The quantitative estimate of drug-likeness (QED) is 0.888. The van der Waals surface area contributed by atoms with E-state index in [0.29, 0.717) is 5.02 Å². The Morgan fingerprint density at radius 3 is 2.63 bits per heavy atom. The highest BCUT2D eigenvalue weighted by Crippen LogP contribution is 2.34. The zero-order valence-corrected chi connectivity index (χ0v) is 12.7. The van der Waals surface area contributed by atoms with Gasteiger partial charge in [-0.05, 0) is 23.8 Å². The molecule has 1 aliphatic heterocycles. The first-order chi connectivity index (χ1) is 9.08. The standard InChI is InChI=1S/C13H16BrClF2N2/c14-9-1-2-11(15)10(7-9)12(8-13(16)17)19-5-3-18-4-6-19/h1-2,7,12-13,18H,3-6,8H2/t12-/m0/s1. The first-order valence-electron chi connectivity index (χ1n) is 6.26. The molecule has 2 rings (SSSR count). The van der Waals surface area contributed by atoms with Crippen LogP contribution in [0.1, 0.15) is 18.0 Å². The summed E-state index contributed by atoms with van der Waals surface area (Å²) in [6.07, 6.45) is -2.52. The van der Waals surface area contributed by atoms with Crippen molar-refractivity contribution in [1.29, 1.82) is 0 Å². The van der Waals surface area contributed by atoms with E-state index in [-0.39, 0.29) is 12.5 Å². The van der Waals surface area contributed by atoms with Crippen LogP contribution in [0.5, 0.6) is 0 Å². The molecule has 0 spiro atoms. The Bertz CT molecular complexity index is 425. The predicted molar refractivity (Wildman–Crippen MR) is 77.0 cm³/mol. The van der Waals surface area contributed by atoms with Crippen LogP contribution in [0.25, 0.3) is 0 Å². The van der Waals surface area contributed by atoms with Crippen LogP contribution in [0.3, 0.4) is 0 Å². The Hall–Kier alpha value is -0.230. The minimum Gasteiger partial charge on any atom is -0.314 e. The molecule has 6 heteroatoms. The molecule has 1 aromatic carbocycles. The molecule has 1 aliphatic rings. The highest BCUT2D eigenvalue weighted by Gasteiger charge is 2.27. The molecule has 1 saturated heterocycles. The maximum atomic E-state index is 12.9. The number of hydrogen-bond acceptors (Lipinski definition) is 2. The molecule has 0 unspecified atom stereocenters. The van der Waals surface area contributed by atoms with Crippen molar-refractivity contribution >= 4 is 27.5 Å². The fourth-order valence-electron chi connectivity index (χ4n) is 2.41. The normalized spacial score (nSPS) is 18.8. The van der Waals surface area contributed by atoms with E-state index >= 15 is 0 Å². The van der Waals surface area contributed by atoms with Gasteiger partial charge in [0.15, 0.2) is 0 Å². The molecule has 1 N–H and O–H groups in total. The third kappa shape index (κ3) is 4.12. The van der Waals surface area contributed by atoms with Crippen LogP contribution in [-0.2, 0) is 0 Å². The molecule has 0 amide bonds. The van der Waals surface area contributed by atoms with Crippen molar-refractivity contribution in [3.8, 4) is 0 Å². The highest BCUT2D eigenvalue weighted by atomic mass is 79.9. The van der Waals surface area contributed by atoms with Crippen LogP contribution in [-0.4, -0.2) is 37.5 Å². The molecule has 1 aromatic rings. The van der Waals surface area contributed by atoms with Crippen molar-refractivity contribution in [3.05, 3.63) is 33.3 Å². The molecule has 0 bridgehead atoms. The first-order valence-corrected chi connectivity index (χ1v) is 7.43. The van der Waals surface area contributed by atoms with Crippen molar-refractivity contribution in [2.75, 3.05) is 26.2 Å². The summed E-state index contributed by atoms with van der Waals surface area (Å²) in [5, 5.41) is 3.78. The lowest BCUT2D eigenvalue weighted by molar-refractivity contribution is 0.0739.